The molecule has 32 heavy (non-hydrogen) atoms. The van der Waals surface area contributed by atoms with E-state index in [1.54, 1.807) is 12.1 Å². The molecule has 5 nitrogen and oxygen atoms in total. The number of para-hydroxylation sites is 2. The summed E-state index contributed by atoms with van der Waals surface area (Å²) in [6.45, 7) is 2.60. The molecule has 5 rings (SSSR count). The zero-order valence-electron chi connectivity index (χ0n) is 18.0. The molecule has 1 aliphatic carbocycles. The molecule has 0 saturated carbocycles. The molecule has 0 radical (unpaired) electrons. The van der Waals surface area contributed by atoms with E-state index >= 15 is 0 Å². The first-order valence-electron chi connectivity index (χ1n) is 11.0. The molecule has 1 heterocycles. The number of phenolic OH excluding ortho intramolecular Hbond substituents is 1. The van der Waals surface area contributed by atoms with Gasteiger partial charge in [-0.1, -0.05) is 36.4 Å². The number of ether oxygens (including phenoxy) is 1. The summed E-state index contributed by atoms with van der Waals surface area (Å²) in [7, 11) is 0. The summed E-state index contributed by atoms with van der Waals surface area (Å²) in [4.78, 5) is 13.5. The molecule has 0 aromatic heterocycles. The number of phenols is 1. The zero-order chi connectivity index (χ0) is 22.1. The lowest BCUT2D eigenvalue weighted by Gasteiger charge is -2.30. The summed E-state index contributed by atoms with van der Waals surface area (Å²) in [6.07, 6.45) is 1.21. The van der Waals surface area contributed by atoms with Gasteiger partial charge in [-0.15, -0.1) is 0 Å². The van der Waals surface area contributed by atoms with Crippen LogP contribution < -0.4 is 15.4 Å². The molecule has 2 unspecified atom stereocenters. The summed E-state index contributed by atoms with van der Waals surface area (Å²) >= 11 is 0. The zero-order valence-corrected chi connectivity index (χ0v) is 18.0. The Hall–Kier alpha value is -3.73. The average Bonchev–Trinajstić information content (AvgIpc) is 2.97. The Morgan fingerprint density at radius 1 is 0.906 bits per heavy atom. The minimum Gasteiger partial charge on any atom is -0.508 e. The Kier molecular flexibility index (Phi) is 5.31. The summed E-state index contributed by atoms with van der Waals surface area (Å²) in [5.74, 6) is 1.29. The number of benzene rings is 3. The Morgan fingerprint density at radius 2 is 1.59 bits per heavy atom. The lowest BCUT2D eigenvalue weighted by Crippen LogP contribution is -2.26. The number of aromatic hydroxyl groups is 1. The van der Waals surface area contributed by atoms with Gasteiger partial charge in [0.2, 0.25) is 0 Å². The first-order chi connectivity index (χ1) is 15.6. The van der Waals surface area contributed by atoms with Gasteiger partial charge < -0.3 is 20.5 Å². The van der Waals surface area contributed by atoms with E-state index in [1.165, 1.54) is 0 Å². The maximum absolute atomic E-state index is 13.5. The number of allylic oxidation sites excluding steroid dienone is 1. The normalized spacial score (nSPS) is 19.8. The van der Waals surface area contributed by atoms with Gasteiger partial charge in [0.15, 0.2) is 5.78 Å². The molecule has 3 aromatic carbocycles. The molecule has 5 heteroatoms. The van der Waals surface area contributed by atoms with Crippen molar-refractivity contribution in [1.29, 1.82) is 0 Å². The van der Waals surface area contributed by atoms with Crippen LogP contribution in [0.15, 0.2) is 84.1 Å². The molecular weight excluding hydrogens is 400 g/mol. The van der Waals surface area contributed by atoms with E-state index in [1.807, 2.05) is 55.5 Å². The fraction of sp³-hybridized carbons (Fsp3) is 0.222. The highest BCUT2D eigenvalue weighted by Crippen LogP contribution is 2.44. The Morgan fingerprint density at radius 3 is 2.31 bits per heavy atom. The van der Waals surface area contributed by atoms with Crippen molar-refractivity contribution in [2.24, 2.45) is 0 Å². The molecule has 0 fully saturated rings. The molecule has 162 valence electrons. The van der Waals surface area contributed by atoms with Gasteiger partial charge >= 0.3 is 0 Å². The third kappa shape index (κ3) is 3.82. The molecule has 0 saturated heterocycles. The predicted octanol–water partition coefficient (Wildman–Crippen LogP) is 5.77. The van der Waals surface area contributed by atoms with Crippen LogP contribution in [0.25, 0.3) is 0 Å². The van der Waals surface area contributed by atoms with E-state index in [9.17, 15) is 9.90 Å². The highest BCUT2D eigenvalue weighted by Gasteiger charge is 2.36. The van der Waals surface area contributed by atoms with Crippen LogP contribution >= 0.6 is 0 Å². The van der Waals surface area contributed by atoms with E-state index in [2.05, 4.69) is 22.8 Å². The predicted molar refractivity (Wildman–Crippen MR) is 126 cm³/mol. The number of anilines is 2. The van der Waals surface area contributed by atoms with E-state index < -0.39 is 0 Å². The van der Waals surface area contributed by atoms with Gasteiger partial charge in [-0.05, 0) is 66.8 Å². The topological polar surface area (TPSA) is 70.6 Å². The van der Waals surface area contributed by atoms with Crippen LogP contribution in [0.1, 0.15) is 42.9 Å². The van der Waals surface area contributed by atoms with Crippen molar-refractivity contribution < 1.29 is 14.6 Å². The summed E-state index contributed by atoms with van der Waals surface area (Å²) in [6, 6.07) is 22.9. The van der Waals surface area contributed by atoms with Crippen molar-refractivity contribution in [3.63, 3.8) is 0 Å². The number of carbonyl (C=O) groups is 1. The molecule has 0 amide bonds. The second kappa shape index (κ2) is 8.42. The number of carbonyl (C=O) groups excluding carboxylic acids is 1. The van der Waals surface area contributed by atoms with Crippen molar-refractivity contribution >= 4 is 17.2 Å². The van der Waals surface area contributed by atoms with Gasteiger partial charge in [0.25, 0.3) is 0 Å². The van der Waals surface area contributed by atoms with Gasteiger partial charge in [-0.3, -0.25) is 4.79 Å². The van der Waals surface area contributed by atoms with Crippen molar-refractivity contribution in [3.05, 3.63) is 95.2 Å². The number of Topliss-reactive ketones (excluding diaryl/α,β-unsaturated/α-hetero) is 1. The average molecular weight is 427 g/mol. The van der Waals surface area contributed by atoms with E-state index in [0.717, 1.165) is 45.9 Å². The third-order valence-electron chi connectivity index (χ3n) is 6.20. The molecule has 1 aliphatic heterocycles. The van der Waals surface area contributed by atoms with Crippen LogP contribution in [0.2, 0.25) is 0 Å². The van der Waals surface area contributed by atoms with Crippen LogP contribution in [-0.2, 0) is 4.79 Å². The first kappa shape index (κ1) is 20.2. The molecule has 2 atom stereocenters. The minimum atomic E-state index is -0.282. The summed E-state index contributed by atoms with van der Waals surface area (Å²) in [5.41, 5.74) is 5.72. The molecule has 0 spiro atoms. The van der Waals surface area contributed by atoms with Gasteiger partial charge in [0, 0.05) is 17.7 Å². The van der Waals surface area contributed by atoms with Crippen LogP contribution in [0.4, 0.5) is 11.4 Å². The van der Waals surface area contributed by atoms with Crippen molar-refractivity contribution in [2.45, 2.75) is 31.7 Å². The molecule has 3 aromatic rings. The second-order valence-electron chi connectivity index (χ2n) is 8.26. The van der Waals surface area contributed by atoms with Crippen molar-refractivity contribution in [1.82, 2.24) is 0 Å². The number of nitrogens with one attached hydrogen (secondary N) is 2. The minimum absolute atomic E-state index is 0.107. The second-order valence-corrected chi connectivity index (χ2v) is 8.26. The van der Waals surface area contributed by atoms with Crippen LogP contribution in [0.5, 0.6) is 11.5 Å². The number of hydrogen-bond acceptors (Lipinski definition) is 5. The molecule has 0 bridgehead atoms. The monoisotopic (exact) mass is 426 g/mol. The highest BCUT2D eigenvalue weighted by atomic mass is 16.5. The Bertz CT molecular complexity index is 1170. The van der Waals surface area contributed by atoms with E-state index in [4.69, 9.17) is 4.74 Å². The lowest BCUT2D eigenvalue weighted by molar-refractivity contribution is -0.116. The highest BCUT2D eigenvalue weighted by molar-refractivity contribution is 6.01. The summed E-state index contributed by atoms with van der Waals surface area (Å²) in [5, 5.41) is 16.9. The first-order valence-corrected chi connectivity index (χ1v) is 11.0. The number of hydrogen-bond donors (Lipinski definition) is 3. The SMILES string of the molecule is CCOc1ccc(C2CC(=O)C3=C(C2)Nc2ccccc2NC3c2ccc(O)cc2)cc1. The Balaban J connectivity index is 1.54. The standard InChI is InChI=1S/C27H26N2O3/c1-2-32-21-13-9-17(10-14-21)19-15-24-26(25(31)16-19)27(18-7-11-20(30)12-8-18)29-23-6-4-3-5-22(23)28-24/h3-14,19,27-30H,2,15-16H2,1H3. The number of ketones is 1. The molecule has 2 aliphatic rings. The van der Waals surface area contributed by atoms with Gasteiger partial charge in [-0.25, -0.2) is 0 Å². The fourth-order valence-corrected chi connectivity index (χ4v) is 4.65. The van der Waals surface area contributed by atoms with Gasteiger partial charge in [-0.2, -0.15) is 0 Å². The van der Waals surface area contributed by atoms with E-state index in [0.29, 0.717) is 13.0 Å². The molecule has 3 N–H and O–H groups in total. The lowest BCUT2D eigenvalue weighted by atomic mass is 9.78. The van der Waals surface area contributed by atoms with Crippen LogP contribution in [0.3, 0.4) is 0 Å². The maximum Gasteiger partial charge on any atom is 0.163 e. The largest absolute Gasteiger partial charge is 0.508 e. The maximum atomic E-state index is 13.5. The summed E-state index contributed by atoms with van der Waals surface area (Å²) < 4.78 is 5.57. The van der Waals surface area contributed by atoms with Gasteiger partial charge in [0.05, 0.1) is 24.0 Å². The Labute approximate surface area is 187 Å². The van der Waals surface area contributed by atoms with Crippen molar-refractivity contribution in [3.8, 4) is 11.5 Å². The molecular formula is C27H26N2O3. The fourth-order valence-electron chi connectivity index (χ4n) is 4.65. The smallest absolute Gasteiger partial charge is 0.163 e. The van der Waals surface area contributed by atoms with Crippen LogP contribution in [0, 0.1) is 0 Å². The third-order valence-corrected chi connectivity index (χ3v) is 6.20. The number of fused-ring (bicyclic) bond motifs is 1. The quantitative estimate of drug-likeness (QED) is 0.494. The number of rotatable bonds is 4. The van der Waals surface area contributed by atoms with Crippen molar-refractivity contribution in [2.75, 3.05) is 17.2 Å². The van der Waals surface area contributed by atoms with E-state index in [-0.39, 0.29) is 23.5 Å². The van der Waals surface area contributed by atoms with Gasteiger partial charge in [0.1, 0.15) is 11.5 Å². The van der Waals surface area contributed by atoms with Crippen LogP contribution in [-0.4, -0.2) is 17.5 Å².